The maximum absolute atomic E-state index is 12.8. The Morgan fingerprint density at radius 3 is 2.42 bits per heavy atom. The molecule has 0 aliphatic heterocycles. The summed E-state index contributed by atoms with van der Waals surface area (Å²) >= 11 is 5.86. The fraction of sp³-hybridized carbons (Fsp3) is 0.300. The molecule has 1 aliphatic carbocycles. The number of aryl methyl sites for hydroxylation is 2. The summed E-state index contributed by atoms with van der Waals surface area (Å²) in [6, 6.07) is 12.0. The minimum Gasteiger partial charge on any atom is -0.358 e. The number of halogens is 1. The van der Waals surface area contributed by atoms with Crippen LogP contribution in [-0.4, -0.2) is 13.4 Å². The molecule has 0 bridgehead atoms. The number of H-pyrrole nitrogens is 1. The normalized spacial score (nSPS) is 15.3. The molecule has 0 unspecified atom stereocenters. The van der Waals surface area contributed by atoms with Crippen LogP contribution in [0.5, 0.6) is 0 Å². The third-order valence-electron chi connectivity index (χ3n) is 4.98. The van der Waals surface area contributed by atoms with Gasteiger partial charge in [0, 0.05) is 27.3 Å². The zero-order valence-electron chi connectivity index (χ0n) is 14.4. The Morgan fingerprint density at radius 1 is 0.923 bits per heavy atom. The maximum atomic E-state index is 12.8. The van der Waals surface area contributed by atoms with Crippen LogP contribution < -0.4 is 4.72 Å². The molecular weight excluding hydrogens is 368 g/mol. The van der Waals surface area contributed by atoms with Crippen LogP contribution in [0.15, 0.2) is 47.4 Å². The van der Waals surface area contributed by atoms with Gasteiger partial charge >= 0.3 is 0 Å². The summed E-state index contributed by atoms with van der Waals surface area (Å²) in [7, 11) is -3.65. The standard InChI is InChI=1S/C20H21ClN2O2S/c21-14-7-9-15(10-8-14)23-26(24,25)16-11-12-20-18(13-16)17-5-3-1-2-4-6-19(17)22-20/h7-13,22-23H,1-6H2. The largest absolute Gasteiger partial charge is 0.358 e. The van der Waals surface area contributed by atoms with Crippen LogP contribution in [0.3, 0.4) is 0 Å². The predicted molar refractivity (Wildman–Crippen MR) is 106 cm³/mol. The van der Waals surface area contributed by atoms with Gasteiger partial charge < -0.3 is 4.98 Å². The van der Waals surface area contributed by atoms with Crippen LogP contribution in [0.4, 0.5) is 5.69 Å². The molecule has 26 heavy (non-hydrogen) atoms. The molecule has 1 aromatic heterocycles. The van der Waals surface area contributed by atoms with Crippen LogP contribution in [0, 0.1) is 0 Å². The summed E-state index contributed by atoms with van der Waals surface area (Å²) in [5.41, 5.74) is 4.06. The number of nitrogens with one attached hydrogen (secondary N) is 2. The van der Waals surface area contributed by atoms with E-state index < -0.39 is 10.0 Å². The minimum absolute atomic E-state index is 0.281. The van der Waals surface area contributed by atoms with Crippen molar-refractivity contribution in [1.82, 2.24) is 4.98 Å². The lowest BCUT2D eigenvalue weighted by Gasteiger charge is -2.10. The van der Waals surface area contributed by atoms with E-state index in [9.17, 15) is 8.42 Å². The number of benzene rings is 2. The Kier molecular flexibility index (Phi) is 4.67. The highest BCUT2D eigenvalue weighted by Crippen LogP contribution is 2.30. The first-order valence-corrected chi connectivity index (χ1v) is 10.8. The van der Waals surface area contributed by atoms with Crippen molar-refractivity contribution in [3.05, 3.63) is 58.7 Å². The minimum atomic E-state index is -3.65. The quantitative estimate of drug-likeness (QED) is 0.641. The monoisotopic (exact) mass is 388 g/mol. The second-order valence-electron chi connectivity index (χ2n) is 6.82. The van der Waals surface area contributed by atoms with Crippen molar-refractivity contribution in [2.24, 2.45) is 0 Å². The van der Waals surface area contributed by atoms with Gasteiger partial charge in [-0.25, -0.2) is 8.42 Å². The van der Waals surface area contributed by atoms with Gasteiger partial charge in [0.15, 0.2) is 0 Å². The second kappa shape index (κ2) is 6.97. The number of aromatic nitrogens is 1. The summed E-state index contributed by atoms with van der Waals surface area (Å²) in [5.74, 6) is 0. The Bertz CT molecular complexity index is 1040. The summed E-state index contributed by atoms with van der Waals surface area (Å²) < 4.78 is 28.2. The average Bonchev–Trinajstić information content (AvgIpc) is 2.92. The van der Waals surface area contributed by atoms with Gasteiger partial charge in [-0.2, -0.15) is 0 Å². The molecule has 3 aromatic rings. The highest BCUT2D eigenvalue weighted by molar-refractivity contribution is 7.92. The van der Waals surface area contributed by atoms with Crippen LogP contribution in [0.1, 0.15) is 36.9 Å². The van der Waals surface area contributed by atoms with Crippen molar-refractivity contribution in [3.8, 4) is 0 Å². The number of aromatic amines is 1. The van der Waals surface area contributed by atoms with Crippen molar-refractivity contribution < 1.29 is 8.42 Å². The molecule has 2 aromatic carbocycles. The van der Waals surface area contributed by atoms with E-state index in [1.165, 1.54) is 30.5 Å². The van der Waals surface area contributed by atoms with E-state index in [1.54, 1.807) is 36.4 Å². The van der Waals surface area contributed by atoms with Crippen molar-refractivity contribution >= 4 is 38.2 Å². The van der Waals surface area contributed by atoms with Crippen LogP contribution in [0.25, 0.3) is 10.9 Å². The molecule has 0 saturated heterocycles. The van der Waals surface area contributed by atoms with Gasteiger partial charge in [0.1, 0.15) is 0 Å². The summed E-state index contributed by atoms with van der Waals surface area (Å²) in [6.45, 7) is 0. The Balaban J connectivity index is 1.71. The zero-order chi connectivity index (χ0) is 18.1. The lowest BCUT2D eigenvalue weighted by Crippen LogP contribution is -2.12. The number of rotatable bonds is 3. The van der Waals surface area contributed by atoms with E-state index in [1.807, 2.05) is 6.07 Å². The van der Waals surface area contributed by atoms with E-state index >= 15 is 0 Å². The molecule has 136 valence electrons. The maximum Gasteiger partial charge on any atom is 0.261 e. The molecule has 6 heteroatoms. The third kappa shape index (κ3) is 3.46. The van der Waals surface area contributed by atoms with Crippen LogP contribution in [0.2, 0.25) is 5.02 Å². The van der Waals surface area contributed by atoms with Crippen LogP contribution >= 0.6 is 11.6 Å². The van der Waals surface area contributed by atoms with E-state index in [-0.39, 0.29) is 4.90 Å². The highest BCUT2D eigenvalue weighted by atomic mass is 35.5. The first-order chi connectivity index (χ1) is 12.5. The molecule has 1 aliphatic rings. The Morgan fingerprint density at radius 2 is 1.65 bits per heavy atom. The third-order valence-corrected chi connectivity index (χ3v) is 6.61. The number of fused-ring (bicyclic) bond motifs is 3. The van der Waals surface area contributed by atoms with E-state index in [0.29, 0.717) is 10.7 Å². The average molecular weight is 389 g/mol. The van der Waals surface area contributed by atoms with E-state index in [2.05, 4.69) is 9.71 Å². The van der Waals surface area contributed by atoms with Crippen molar-refractivity contribution in [2.45, 2.75) is 43.4 Å². The molecule has 0 radical (unpaired) electrons. The first kappa shape index (κ1) is 17.4. The highest BCUT2D eigenvalue weighted by Gasteiger charge is 2.18. The fourth-order valence-electron chi connectivity index (χ4n) is 3.64. The van der Waals surface area contributed by atoms with Gasteiger partial charge in [0.05, 0.1) is 4.90 Å². The van der Waals surface area contributed by atoms with Gasteiger partial charge in [-0.3, -0.25) is 4.72 Å². The van der Waals surface area contributed by atoms with Gasteiger partial charge in [-0.1, -0.05) is 24.4 Å². The molecule has 0 fully saturated rings. The van der Waals surface area contributed by atoms with Gasteiger partial charge in [-0.15, -0.1) is 0 Å². The molecular formula is C20H21ClN2O2S. The molecule has 2 N–H and O–H groups in total. The molecule has 1 heterocycles. The van der Waals surface area contributed by atoms with Crippen molar-refractivity contribution in [3.63, 3.8) is 0 Å². The number of anilines is 1. The topological polar surface area (TPSA) is 62.0 Å². The molecule has 0 saturated carbocycles. The van der Waals surface area contributed by atoms with Crippen LogP contribution in [-0.2, 0) is 22.9 Å². The van der Waals surface area contributed by atoms with E-state index in [4.69, 9.17) is 11.6 Å². The lowest BCUT2D eigenvalue weighted by atomic mass is 9.97. The second-order valence-corrected chi connectivity index (χ2v) is 8.93. The van der Waals surface area contributed by atoms with Crippen molar-refractivity contribution in [1.29, 1.82) is 0 Å². The van der Waals surface area contributed by atoms with Gasteiger partial charge in [0.25, 0.3) is 10.0 Å². The number of sulfonamides is 1. The molecule has 0 amide bonds. The molecule has 0 spiro atoms. The van der Waals surface area contributed by atoms with Gasteiger partial charge in [-0.05, 0) is 73.7 Å². The number of hydrogen-bond acceptors (Lipinski definition) is 2. The summed E-state index contributed by atoms with van der Waals surface area (Å²) in [5, 5.41) is 1.60. The van der Waals surface area contributed by atoms with Gasteiger partial charge in [0.2, 0.25) is 0 Å². The summed E-state index contributed by atoms with van der Waals surface area (Å²) in [6.07, 6.45) is 6.88. The molecule has 4 rings (SSSR count). The zero-order valence-corrected chi connectivity index (χ0v) is 16.0. The Labute approximate surface area is 158 Å². The van der Waals surface area contributed by atoms with E-state index in [0.717, 1.165) is 30.2 Å². The molecule has 0 atom stereocenters. The molecule has 4 nitrogen and oxygen atoms in total. The smallest absolute Gasteiger partial charge is 0.261 e. The predicted octanol–water partition coefficient (Wildman–Crippen LogP) is 5.28. The SMILES string of the molecule is O=S(=O)(Nc1ccc(Cl)cc1)c1ccc2[nH]c3c(c2c1)CCCCCC3. The first-order valence-electron chi connectivity index (χ1n) is 8.95. The number of hydrogen-bond donors (Lipinski definition) is 2. The summed E-state index contributed by atoms with van der Waals surface area (Å²) in [4.78, 5) is 3.77. The lowest BCUT2D eigenvalue weighted by molar-refractivity contribution is 0.601. The fourth-order valence-corrected chi connectivity index (χ4v) is 4.85. The Hall–Kier alpha value is -1.98. The van der Waals surface area contributed by atoms with Crippen molar-refractivity contribution in [2.75, 3.05) is 4.72 Å².